The Morgan fingerprint density at radius 2 is 1.62 bits per heavy atom. The summed E-state index contributed by atoms with van der Waals surface area (Å²) in [4.78, 5) is 23.8. The van der Waals surface area contributed by atoms with Crippen molar-refractivity contribution in [3.63, 3.8) is 0 Å². The lowest BCUT2D eigenvalue weighted by Crippen LogP contribution is -2.32. The predicted molar refractivity (Wildman–Crippen MR) is 77.6 cm³/mol. The highest BCUT2D eigenvalue weighted by atomic mass is 16.7. The minimum absolute atomic E-state index is 0.149. The maximum Gasteiger partial charge on any atom is 0.322 e. The number of ether oxygens (including phenoxy) is 4. The van der Waals surface area contributed by atoms with Crippen molar-refractivity contribution in [1.82, 2.24) is 0 Å². The summed E-state index contributed by atoms with van der Waals surface area (Å²) in [6, 6.07) is 0. The van der Waals surface area contributed by atoms with E-state index in [1.165, 1.54) is 14.0 Å². The molecule has 0 aromatic heterocycles. The number of esters is 2. The highest BCUT2D eigenvalue weighted by molar-refractivity contribution is 5.94. The van der Waals surface area contributed by atoms with Gasteiger partial charge < -0.3 is 18.9 Å². The van der Waals surface area contributed by atoms with Gasteiger partial charge in [0.2, 0.25) is 6.29 Å². The third-order valence-electron chi connectivity index (χ3n) is 3.12. The van der Waals surface area contributed by atoms with Crippen LogP contribution in [-0.2, 0) is 28.5 Å². The molecule has 0 heterocycles. The summed E-state index contributed by atoms with van der Waals surface area (Å²) in [7, 11) is 2.98. The van der Waals surface area contributed by atoms with E-state index in [4.69, 9.17) is 18.9 Å². The first-order chi connectivity index (χ1) is 9.99. The first-order valence-electron chi connectivity index (χ1n) is 7.42. The van der Waals surface area contributed by atoms with E-state index in [1.807, 2.05) is 13.8 Å². The molecular weight excluding hydrogens is 276 g/mol. The van der Waals surface area contributed by atoms with Crippen LogP contribution in [-0.4, -0.2) is 45.2 Å². The molecule has 6 nitrogen and oxygen atoms in total. The lowest BCUT2D eigenvalue weighted by atomic mass is 10.1. The van der Waals surface area contributed by atoms with Crippen LogP contribution in [0.1, 0.15) is 46.5 Å². The first-order valence-corrected chi connectivity index (χ1v) is 7.42. The molecule has 0 rings (SSSR count). The van der Waals surface area contributed by atoms with Gasteiger partial charge in [0.25, 0.3) is 0 Å². The van der Waals surface area contributed by atoms with Gasteiger partial charge in [0, 0.05) is 20.6 Å². The lowest BCUT2D eigenvalue weighted by molar-refractivity contribution is -0.185. The maximum absolute atomic E-state index is 11.9. The van der Waals surface area contributed by atoms with Gasteiger partial charge in [0.1, 0.15) is 6.10 Å². The molecule has 0 bridgehead atoms. The third-order valence-corrected chi connectivity index (χ3v) is 3.12. The molecule has 0 radical (unpaired) electrons. The van der Waals surface area contributed by atoms with E-state index in [0.29, 0.717) is 13.0 Å². The molecule has 0 fully saturated rings. The van der Waals surface area contributed by atoms with Gasteiger partial charge in [-0.25, -0.2) is 0 Å². The van der Waals surface area contributed by atoms with Gasteiger partial charge in [0.15, 0.2) is 5.92 Å². The van der Waals surface area contributed by atoms with E-state index in [2.05, 4.69) is 0 Å². The summed E-state index contributed by atoms with van der Waals surface area (Å²) in [5, 5.41) is 0. The van der Waals surface area contributed by atoms with Gasteiger partial charge >= 0.3 is 11.9 Å². The van der Waals surface area contributed by atoms with Crippen LogP contribution >= 0.6 is 0 Å². The van der Waals surface area contributed by atoms with Gasteiger partial charge in [-0.15, -0.1) is 0 Å². The quantitative estimate of drug-likeness (QED) is 0.331. The minimum atomic E-state index is -0.962. The molecule has 0 aromatic carbocycles. The third kappa shape index (κ3) is 8.02. The largest absolute Gasteiger partial charge is 0.462 e. The van der Waals surface area contributed by atoms with Crippen LogP contribution in [0.25, 0.3) is 0 Å². The van der Waals surface area contributed by atoms with Crippen molar-refractivity contribution >= 4 is 11.9 Å². The summed E-state index contributed by atoms with van der Waals surface area (Å²) in [5.41, 5.74) is 0. The standard InChI is InChI=1S/C15H28O6/c1-6-8-12(7-2)20-14(16)11(3)15(17)21-13(19-5)9-10-18-4/h11-13H,6-10H2,1-5H3. The molecule has 0 aliphatic rings. The van der Waals surface area contributed by atoms with Crippen molar-refractivity contribution in [2.75, 3.05) is 20.8 Å². The van der Waals surface area contributed by atoms with E-state index in [9.17, 15) is 9.59 Å². The van der Waals surface area contributed by atoms with Gasteiger partial charge in [-0.2, -0.15) is 0 Å². The van der Waals surface area contributed by atoms with Crippen molar-refractivity contribution in [2.45, 2.75) is 58.8 Å². The van der Waals surface area contributed by atoms with E-state index >= 15 is 0 Å². The Bertz CT molecular complexity index is 305. The van der Waals surface area contributed by atoms with Crippen LogP contribution in [0.5, 0.6) is 0 Å². The Labute approximate surface area is 127 Å². The average molecular weight is 304 g/mol. The molecule has 21 heavy (non-hydrogen) atoms. The molecule has 0 spiro atoms. The molecule has 6 heteroatoms. The van der Waals surface area contributed by atoms with Gasteiger partial charge in [0.05, 0.1) is 6.61 Å². The highest BCUT2D eigenvalue weighted by Gasteiger charge is 2.28. The molecule has 124 valence electrons. The monoisotopic (exact) mass is 304 g/mol. The Morgan fingerprint density at radius 3 is 2.10 bits per heavy atom. The van der Waals surface area contributed by atoms with Crippen LogP contribution in [0.4, 0.5) is 0 Å². The van der Waals surface area contributed by atoms with Crippen LogP contribution < -0.4 is 0 Å². The maximum atomic E-state index is 11.9. The SMILES string of the molecule is CCCC(CC)OC(=O)C(C)C(=O)OC(CCOC)OC. The highest BCUT2D eigenvalue weighted by Crippen LogP contribution is 2.12. The second kappa shape index (κ2) is 11.5. The smallest absolute Gasteiger partial charge is 0.322 e. The molecule has 0 amide bonds. The normalized spacial score (nSPS) is 15.1. The number of methoxy groups -OCH3 is 2. The molecule has 0 aliphatic heterocycles. The Hall–Kier alpha value is -1.14. The fourth-order valence-electron chi connectivity index (χ4n) is 1.70. The Kier molecular flexibility index (Phi) is 10.9. The van der Waals surface area contributed by atoms with Crippen molar-refractivity contribution < 1.29 is 28.5 Å². The van der Waals surface area contributed by atoms with Gasteiger partial charge in [-0.05, 0) is 19.8 Å². The predicted octanol–water partition coefficient (Wildman–Crippen LogP) is 2.30. The van der Waals surface area contributed by atoms with Crippen LogP contribution in [0, 0.1) is 5.92 Å². The summed E-state index contributed by atoms with van der Waals surface area (Å²) >= 11 is 0. The molecule has 0 N–H and O–H groups in total. The number of hydrogen-bond donors (Lipinski definition) is 0. The summed E-state index contributed by atoms with van der Waals surface area (Å²) in [6.07, 6.45) is 1.99. The van der Waals surface area contributed by atoms with E-state index in [1.54, 1.807) is 7.11 Å². The molecule has 3 atom stereocenters. The second-order valence-electron chi connectivity index (χ2n) is 4.86. The fraction of sp³-hybridized carbons (Fsp3) is 0.867. The van der Waals surface area contributed by atoms with E-state index in [0.717, 1.165) is 19.3 Å². The molecule has 0 saturated carbocycles. The molecule has 0 aliphatic carbocycles. The summed E-state index contributed by atoms with van der Waals surface area (Å²) in [5.74, 6) is -2.16. The van der Waals surface area contributed by atoms with E-state index < -0.39 is 24.1 Å². The zero-order valence-corrected chi connectivity index (χ0v) is 13.7. The van der Waals surface area contributed by atoms with Crippen LogP contribution in [0.15, 0.2) is 0 Å². The fourth-order valence-corrected chi connectivity index (χ4v) is 1.70. The zero-order valence-electron chi connectivity index (χ0n) is 13.7. The van der Waals surface area contributed by atoms with Crippen LogP contribution in [0.3, 0.4) is 0 Å². The van der Waals surface area contributed by atoms with Crippen molar-refractivity contribution in [3.8, 4) is 0 Å². The number of carbonyl (C=O) groups is 2. The van der Waals surface area contributed by atoms with Crippen LogP contribution in [0.2, 0.25) is 0 Å². The van der Waals surface area contributed by atoms with Crippen molar-refractivity contribution in [1.29, 1.82) is 0 Å². The molecule has 0 aromatic rings. The Balaban J connectivity index is 4.37. The zero-order chi connectivity index (χ0) is 16.3. The molecular formula is C15H28O6. The summed E-state index contributed by atoms with van der Waals surface area (Å²) < 4.78 is 20.3. The van der Waals surface area contributed by atoms with Crippen molar-refractivity contribution in [2.24, 2.45) is 5.92 Å². The Morgan fingerprint density at radius 1 is 1.00 bits per heavy atom. The first kappa shape index (κ1) is 19.9. The minimum Gasteiger partial charge on any atom is -0.462 e. The molecule has 0 saturated heterocycles. The number of carbonyl (C=O) groups excluding carboxylic acids is 2. The van der Waals surface area contributed by atoms with E-state index in [-0.39, 0.29) is 6.10 Å². The summed E-state index contributed by atoms with van der Waals surface area (Å²) in [6.45, 7) is 5.85. The van der Waals surface area contributed by atoms with Gasteiger partial charge in [-0.3, -0.25) is 9.59 Å². The molecule has 3 unspecified atom stereocenters. The van der Waals surface area contributed by atoms with Gasteiger partial charge in [-0.1, -0.05) is 20.3 Å². The number of rotatable bonds is 11. The second-order valence-corrected chi connectivity index (χ2v) is 4.86. The topological polar surface area (TPSA) is 71.1 Å². The average Bonchev–Trinajstić information content (AvgIpc) is 2.49. The van der Waals surface area contributed by atoms with Crippen molar-refractivity contribution in [3.05, 3.63) is 0 Å². The number of hydrogen-bond acceptors (Lipinski definition) is 6. The lowest BCUT2D eigenvalue weighted by Gasteiger charge is -2.20.